The summed E-state index contributed by atoms with van der Waals surface area (Å²) in [5.41, 5.74) is 0.818. The van der Waals surface area contributed by atoms with E-state index in [9.17, 15) is 9.59 Å². The topological polar surface area (TPSA) is 58.6 Å². The zero-order valence-corrected chi connectivity index (χ0v) is 15.9. The van der Waals surface area contributed by atoms with E-state index in [4.69, 9.17) is 4.74 Å². The zero-order valence-electron chi connectivity index (χ0n) is 15.9. The highest BCUT2D eigenvalue weighted by Gasteiger charge is 2.40. The van der Waals surface area contributed by atoms with Gasteiger partial charge in [0.05, 0.1) is 5.92 Å². The third-order valence-corrected chi connectivity index (χ3v) is 5.82. The lowest BCUT2D eigenvalue weighted by molar-refractivity contribution is -0.134. The Labute approximate surface area is 156 Å². The molecule has 2 amide bonds. The van der Waals surface area contributed by atoms with Gasteiger partial charge in [-0.25, -0.2) is 0 Å². The van der Waals surface area contributed by atoms with Gasteiger partial charge in [-0.3, -0.25) is 9.59 Å². The first-order chi connectivity index (χ1) is 12.5. The largest absolute Gasteiger partial charge is 0.385 e. The van der Waals surface area contributed by atoms with Crippen LogP contribution in [0.2, 0.25) is 0 Å². The Morgan fingerprint density at radius 1 is 1.23 bits per heavy atom. The van der Waals surface area contributed by atoms with Crippen LogP contribution in [0.4, 0.5) is 0 Å². The smallest absolute Gasteiger partial charge is 0.229 e. The second-order valence-electron chi connectivity index (χ2n) is 7.74. The molecule has 3 rings (SSSR count). The third kappa shape index (κ3) is 4.44. The quantitative estimate of drug-likeness (QED) is 0.815. The molecule has 5 heteroatoms. The fourth-order valence-electron chi connectivity index (χ4n) is 3.76. The number of benzene rings is 1. The minimum absolute atomic E-state index is 0.135. The highest BCUT2D eigenvalue weighted by molar-refractivity contribution is 5.84. The molecule has 142 valence electrons. The first-order valence-electron chi connectivity index (χ1n) is 9.69. The van der Waals surface area contributed by atoms with Crippen molar-refractivity contribution in [3.8, 4) is 0 Å². The van der Waals surface area contributed by atoms with Crippen LogP contribution in [-0.4, -0.2) is 49.1 Å². The van der Waals surface area contributed by atoms with Crippen LogP contribution in [0.5, 0.6) is 0 Å². The van der Waals surface area contributed by atoms with Crippen molar-refractivity contribution in [2.45, 2.75) is 50.5 Å². The van der Waals surface area contributed by atoms with Crippen molar-refractivity contribution in [2.75, 3.05) is 26.8 Å². The van der Waals surface area contributed by atoms with E-state index in [1.807, 2.05) is 42.2 Å². The normalized spacial score (nSPS) is 20.5. The van der Waals surface area contributed by atoms with Crippen LogP contribution in [0.25, 0.3) is 0 Å². The second-order valence-corrected chi connectivity index (χ2v) is 7.74. The molecule has 1 N–H and O–H groups in total. The Bertz CT molecular complexity index is 619. The molecule has 0 spiro atoms. The molecule has 2 fully saturated rings. The molecule has 1 aliphatic heterocycles. The van der Waals surface area contributed by atoms with Crippen molar-refractivity contribution in [3.05, 3.63) is 35.9 Å². The summed E-state index contributed by atoms with van der Waals surface area (Å²) >= 11 is 0. The molecule has 1 unspecified atom stereocenters. The molecule has 1 saturated heterocycles. The average Bonchev–Trinajstić information content (AvgIpc) is 3.52. The summed E-state index contributed by atoms with van der Waals surface area (Å²) in [6.07, 6.45) is 4.40. The molecule has 1 saturated carbocycles. The van der Waals surface area contributed by atoms with Gasteiger partial charge in [-0.15, -0.1) is 0 Å². The van der Waals surface area contributed by atoms with Gasteiger partial charge < -0.3 is 15.0 Å². The Hall–Kier alpha value is -1.88. The molecule has 2 aliphatic rings. The van der Waals surface area contributed by atoms with E-state index in [1.165, 1.54) is 0 Å². The van der Waals surface area contributed by atoms with E-state index in [0.29, 0.717) is 19.7 Å². The number of carbonyl (C=O) groups excluding carboxylic acids is 2. The number of nitrogens with one attached hydrogen (secondary N) is 1. The Morgan fingerprint density at radius 3 is 2.46 bits per heavy atom. The second kappa shape index (κ2) is 8.21. The molecule has 0 bridgehead atoms. The van der Waals surface area contributed by atoms with Crippen LogP contribution >= 0.6 is 0 Å². The summed E-state index contributed by atoms with van der Waals surface area (Å²) in [5, 5.41) is 3.29. The van der Waals surface area contributed by atoms with Gasteiger partial charge in [-0.05, 0) is 44.6 Å². The van der Waals surface area contributed by atoms with Crippen LogP contribution in [0.15, 0.2) is 30.3 Å². The summed E-state index contributed by atoms with van der Waals surface area (Å²) in [5.74, 6) is 0.416. The van der Waals surface area contributed by atoms with Crippen molar-refractivity contribution in [3.63, 3.8) is 0 Å². The van der Waals surface area contributed by atoms with E-state index in [2.05, 4.69) is 5.32 Å². The molecule has 1 atom stereocenters. The minimum Gasteiger partial charge on any atom is -0.385 e. The summed E-state index contributed by atoms with van der Waals surface area (Å²) < 4.78 is 5.27. The molecular formula is C21H30N2O3. The van der Waals surface area contributed by atoms with Crippen LogP contribution in [0, 0.1) is 5.92 Å². The van der Waals surface area contributed by atoms with Crippen molar-refractivity contribution in [1.82, 2.24) is 10.2 Å². The van der Waals surface area contributed by atoms with Crippen LogP contribution in [0.1, 0.15) is 50.5 Å². The maximum atomic E-state index is 12.9. The lowest BCUT2D eigenvalue weighted by atomic mass is 9.83. The fraction of sp³-hybridized carbons (Fsp3) is 0.619. The van der Waals surface area contributed by atoms with Crippen LogP contribution < -0.4 is 5.32 Å². The molecule has 0 radical (unpaired) electrons. The molecule has 1 aliphatic carbocycles. The number of hydrogen-bond donors (Lipinski definition) is 1. The van der Waals surface area contributed by atoms with Gasteiger partial charge in [-0.1, -0.05) is 30.3 Å². The highest BCUT2D eigenvalue weighted by atomic mass is 16.5. The number of amides is 2. The maximum Gasteiger partial charge on any atom is 0.229 e. The maximum absolute atomic E-state index is 12.9. The first kappa shape index (κ1) is 18.9. The molecule has 1 heterocycles. The van der Waals surface area contributed by atoms with E-state index >= 15 is 0 Å². The van der Waals surface area contributed by atoms with Crippen molar-refractivity contribution < 1.29 is 14.3 Å². The molecule has 0 aromatic heterocycles. The van der Waals surface area contributed by atoms with E-state index < -0.39 is 0 Å². The fourth-order valence-corrected chi connectivity index (χ4v) is 3.76. The molecular weight excluding hydrogens is 328 g/mol. The monoisotopic (exact) mass is 358 g/mol. The van der Waals surface area contributed by atoms with Crippen LogP contribution in [0.3, 0.4) is 0 Å². The summed E-state index contributed by atoms with van der Waals surface area (Å²) in [7, 11) is 1.69. The number of nitrogens with zero attached hydrogens (tertiary/aromatic N) is 1. The van der Waals surface area contributed by atoms with Gasteiger partial charge in [0.15, 0.2) is 0 Å². The molecule has 1 aromatic carbocycles. The molecule has 5 nitrogen and oxygen atoms in total. The van der Waals surface area contributed by atoms with Crippen molar-refractivity contribution in [1.29, 1.82) is 0 Å². The number of piperidine rings is 1. The Balaban J connectivity index is 1.61. The molecule has 1 aromatic rings. The first-order valence-corrected chi connectivity index (χ1v) is 9.69. The van der Waals surface area contributed by atoms with Gasteiger partial charge in [0.2, 0.25) is 11.8 Å². The van der Waals surface area contributed by atoms with Gasteiger partial charge in [0, 0.05) is 38.3 Å². The zero-order chi connectivity index (χ0) is 18.6. The lowest BCUT2D eigenvalue weighted by Crippen LogP contribution is -2.57. The molecule has 26 heavy (non-hydrogen) atoms. The number of ether oxygens (including phenoxy) is 1. The SMILES string of the molecule is COCCC1(NC(=O)C2CC2)CCN(C(=O)C(C)c2ccccc2)CC1. The number of methoxy groups -OCH3 is 1. The predicted molar refractivity (Wildman–Crippen MR) is 101 cm³/mol. The van der Waals surface area contributed by atoms with Crippen molar-refractivity contribution >= 4 is 11.8 Å². The summed E-state index contributed by atoms with van der Waals surface area (Å²) in [6, 6.07) is 9.92. The van der Waals surface area contributed by atoms with Crippen LogP contribution in [-0.2, 0) is 14.3 Å². The number of carbonyl (C=O) groups is 2. The Morgan fingerprint density at radius 2 is 1.88 bits per heavy atom. The van der Waals surface area contributed by atoms with Gasteiger partial charge in [0.25, 0.3) is 0 Å². The predicted octanol–water partition coefficient (Wildman–Crippen LogP) is 2.71. The van der Waals surface area contributed by atoms with E-state index in [-0.39, 0.29) is 29.2 Å². The van der Waals surface area contributed by atoms with Gasteiger partial charge in [-0.2, -0.15) is 0 Å². The van der Waals surface area contributed by atoms with Gasteiger partial charge in [0.1, 0.15) is 0 Å². The number of hydrogen-bond acceptors (Lipinski definition) is 3. The third-order valence-electron chi connectivity index (χ3n) is 5.82. The standard InChI is InChI=1S/C21H30N2O3/c1-16(17-6-4-3-5-7-17)20(25)23-13-10-21(11-14-23,12-15-26-2)22-19(24)18-8-9-18/h3-7,16,18H,8-15H2,1-2H3,(H,22,24). The van der Waals surface area contributed by atoms with E-state index in [1.54, 1.807) is 7.11 Å². The highest BCUT2D eigenvalue weighted by Crippen LogP contribution is 2.33. The Kier molecular flexibility index (Phi) is 5.97. The van der Waals surface area contributed by atoms with E-state index in [0.717, 1.165) is 37.7 Å². The lowest BCUT2D eigenvalue weighted by Gasteiger charge is -2.43. The van der Waals surface area contributed by atoms with Gasteiger partial charge >= 0.3 is 0 Å². The minimum atomic E-state index is -0.234. The summed E-state index contributed by atoms with van der Waals surface area (Å²) in [4.78, 5) is 27.1. The summed E-state index contributed by atoms with van der Waals surface area (Å²) in [6.45, 7) is 3.97. The number of rotatable bonds is 7. The van der Waals surface area contributed by atoms with Crippen molar-refractivity contribution in [2.24, 2.45) is 5.92 Å². The average molecular weight is 358 g/mol. The number of likely N-dealkylation sites (tertiary alicyclic amines) is 1.